The summed E-state index contributed by atoms with van der Waals surface area (Å²) in [7, 11) is 1.70. The smallest absolute Gasteiger partial charge is 0.223 e. The number of hydrogen-bond donors (Lipinski definition) is 1. The Morgan fingerprint density at radius 1 is 1.35 bits per heavy atom. The first kappa shape index (κ1) is 15.0. The Morgan fingerprint density at radius 2 is 1.95 bits per heavy atom. The molecule has 20 heavy (non-hydrogen) atoms. The molecule has 1 aromatic rings. The molecule has 0 heterocycles. The molecule has 0 aromatic heterocycles. The van der Waals surface area contributed by atoms with Gasteiger partial charge < -0.3 is 10.1 Å². The third-order valence-corrected chi connectivity index (χ3v) is 4.14. The van der Waals surface area contributed by atoms with Gasteiger partial charge in [-0.3, -0.25) is 4.79 Å². The van der Waals surface area contributed by atoms with Gasteiger partial charge in [0.2, 0.25) is 5.91 Å². The normalized spacial score (nSPS) is 17.6. The highest BCUT2D eigenvalue weighted by Gasteiger charge is 2.34. The molecular formula is C17H25NO2. The molecule has 3 heteroatoms. The van der Waals surface area contributed by atoms with E-state index < -0.39 is 0 Å². The zero-order valence-electron chi connectivity index (χ0n) is 12.7. The number of nitrogens with one attached hydrogen (secondary N) is 1. The number of methoxy groups -OCH3 is 1. The van der Waals surface area contributed by atoms with Crippen molar-refractivity contribution in [2.45, 2.75) is 45.1 Å². The van der Waals surface area contributed by atoms with Crippen molar-refractivity contribution in [2.24, 2.45) is 5.92 Å². The fourth-order valence-electron chi connectivity index (χ4n) is 2.98. The molecule has 3 nitrogen and oxygen atoms in total. The molecule has 0 aliphatic heterocycles. The highest BCUT2D eigenvalue weighted by Crippen LogP contribution is 2.30. The quantitative estimate of drug-likeness (QED) is 0.811. The van der Waals surface area contributed by atoms with E-state index in [1.165, 1.54) is 11.1 Å². The summed E-state index contributed by atoms with van der Waals surface area (Å²) in [6.07, 6.45) is 3.67. The lowest BCUT2D eigenvalue weighted by atomic mass is 9.96. The number of benzene rings is 1. The number of ether oxygens (including phenoxy) is 1. The molecule has 0 radical (unpaired) electrons. The molecule has 110 valence electrons. The van der Waals surface area contributed by atoms with E-state index in [1.54, 1.807) is 7.11 Å². The summed E-state index contributed by atoms with van der Waals surface area (Å²) in [4.78, 5) is 12.3. The van der Waals surface area contributed by atoms with Crippen molar-refractivity contribution < 1.29 is 9.53 Å². The summed E-state index contributed by atoms with van der Waals surface area (Å²) in [6.45, 7) is 4.86. The van der Waals surface area contributed by atoms with E-state index in [2.05, 4.69) is 36.5 Å². The van der Waals surface area contributed by atoms with E-state index in [4.69, 9.17) is 4.74 Å². The first-order chi connectivity index (χ1) is 9.54. The SMILES string of the molecule is COCCCC(C)C(=O)NC1(C)Cc2ccccc2C1. The maximum atomic E-state index is 12.3. The molecule has 1 aliphatic carbocycles. The van der Waals surface area contributed by atoms with Crippen molar-refractivity contribution in [3.63, 3.8) is 0 Å². The van der Waals surface area contributed by atoms with Gasteiger partial charge in [-0.15, -0.1) is 0 Å². The van der Waals surface area contributed by atoms with Crippen molar-refractivity contribution in [1.29, 1.82) is 0 Å². The van der Waals surface area contributed by atoms with Crippen LogP contribution in [0.3, 0.4) is 0 Å². The molecule has 0 saturated carbocycles. The first-order valence-electron chi connectivity index (χ1n) is 7.42. The van der Waals surface area contributed by atoms with Gasteiger partial charge in [0.25, 0.3) is 0 Å². The second-order valence-corrected chi connectivity index (χ2v) is 6.21. The van der Waals surface area contributed by atoms with Crippen LogP contribution in [-0.2, 0) is 22.4 Å². The molecule has 1 aromatic carbocycles. The first-order valence-corrected chi connectivity index (χ1v) is 7.42. The fraction of sp³-hybridized carbons (Fsp3) is 0.588. The Kier molecular flexibility index (Phi) is 4.81. The number of carbonyl (C=O) groups excluding carboxylic acids is 1. The van der Waals surface area contributed by atoms with E-state index >= 15 is 0 Å². The van der Waals surface area contributed by atoms with Gasteiger partial charge in [-0.05, 0) is 43.7 Å². The average Bonchev–Trinajstić information content (AvgIpc) is 2.74. The topological polar surface area (TPSA) is 38.3 Å². The number of fused-ring (bicyclic) bond motifs is 1. The van der Waals surface area contributed by atoms with Gasteiger partial charge >= 0.3 is 0 Å². The predicted molar refractivity (Wildman–Crippen MR) is 80.7 cm³/mol. The molecule has 2 rings (SSSR count). The summed E-state index contributed by atoms with van der Waals surface area (Å²) in [6, 6.07) is 8.46. The highest BCUT2D eigenvalue weighted by molar-refractivity contribution is 5.79. The molecule has 1 unspecified atom stereocenters. The van der Waals surface area contributed by atoms with Crippen molar-refractivity contribution in [1.82, 2.24) is 5.32 Å². The standard InChI is InChI=1S/C17H25NO2/c1-13(7-6-10-20-3)16(19)18-17(2)11-14-8-4-5-9-15(14)12-17/h4-5,8-9,13H,6-7,10-12H2,1-3H3,(H,18,19). The lowest BCUT2D eigenvalue weighted by Crippen LogP contribution is -2.48. The van der Waals surface area contributed by atoms with Crippen LogP contribution in [0.5, 0.6) is 0 Å². The van der Waals surface area contributed by atoms with Crippen LogP contribution in [0.15, 0.2) is 24.3 Å². The van der Waals surface area contributed by atoms with Gasteiger partial charge in [0, 0.05) is 25.2 Å². The van der Waals surface area contributed by atoms with Crippen LogP contribution >= 0.6 is 0 Å². The van der Waals surface area contributed by atoms with Crippen molar-refractivity contribution in [2.75, 3.05) is 13.7 Å². The Morgan fingerprint density at radius 3 is 2.50 bits per heavy atom. The molecule has 1 atom stereocenters. The van der Waals surface area contributed by atoms with Crippen LogP contribution < -0.4 is 5.32 Å². The number of carbonyl (C=O) groups is 1. The van der Waals surface area contributed by atoms with Gasteiger partial charge in [-0.25, -0.2) is 0 Å². The maximum Gasteiger partial charge on any atom is 0.223 e. The Labute approximate surface area is 121 Å². The minimum Gasteiger partial charge on any atom is -0.385 e. The number of rotatable bonds is 6. The second kappa shape index (κ2) is 6.40. The minimum atomic E-state index is -0.129. The van der Waals surface area contributed by atoms with Gasteiger partial charge in [0.05, 0.1) is 0 Å². The van der Waals surface area contributed by atoms with Crippen LogP contribution in [0, 0.1) is 5.92 Å². The predicted octanol–water partition coefficient (Wildman–Crippen LogP) is 2.72. The summed E-state index contributed by atoms with van der Waals surface area (Å²) in [5.74, 6) is 0.210. The van der Waals surface area contributed by atoms with Crippen molar-refractivity contribution in [3.8, 4) is 0 Å². The Bertz CT molecular complexity index is 445. The Hall–Kier alpha value is -1.35. The highest BCUT2D eigenvalue weighted by atomic mass is 16.5. The number of hydrogen-bond acceptors (Lipinski definition) is 2. The van der Waals surface area contributed by atoms with Gasteiger partial charge in [0.15, 0.2) is 0 Å². The molecule has 0 saturated heterocycles. The van der Waals surface area contributed by atoms with E-state index in [1.807, 2.05) is 6.92 Å². The third-order valence-electron chi connectivity index (χ3n) is 4.14. The summed E-state index contributed by atoms with van der Waals surface area (Å²) < 4.78 is 5.04. The van der Waals surface area contributed by atoms with Crippen LogP contribution in [0.2, 0.25) is 0 Å². The van der Waals surface area contributed by atoms with Gasteiger partial charge in [-0.1, -0.05) is 31.2 Å². The zero-order valence-corrected chi connectivity index (χ0v) is 12.7. The molecule has 0 spiro atoms. The fourth-order valence-corrected chi connectivity index (χ4v) is 2.98. The zero-order chi connectivity index (χ0) is 14.6. The van der Waals surface area contributed by atoms with Crippen molar-refractivity contribution in [3.05, 3.63) is 35.4 Å². The van der Waals surface area contributed by atoms with Crippen LogP contribution in [-0.4, -0.2) is 25.2 Å². The molecule has 1 aliphatic rings. The van der Waals surface area contributed by atoms with Gasteiger partial charge in [0.1, 0.15) is 0 Å². The molecule has 1 N–H and O–H groups in total. The van der Waals surface area contributed by atoms with E-state index in [-0.39, 0.29) is 17.4 Å². The van der Waals surface area contributed by atoms with E-state index in [0.29, 0.717) is 0 Å². The molecule has 0 fully saturated rings. The molecule has 1 amide bonds. The van der Waals surface area contributed by atoms with Gasteiger partial charge in [-0.2, -0.15) is 0 Å². The molecular weight excluding hydrogens is 250 g/mol. The summed E-state index contributed by atoms with van der Waals surface area (Å²) in [5, 5.41) is 3.25. The second-order valence-electron chi connectivity index (χ2n) is 6.21. The summed E-state index contributed by atoms with van der Waals surface area (Å²) in [5.41, 5.74) is 2.60. The lowest BCUT2D eigenvalue weighted by Gasteiger charge is -2.27. The monoisotopic (exact) mass is 275 g/mol. The Balaban J connectivity index is 1.89. The third kappa shape index (κ3) is 3.60. The van der Waals surface area contributed by atoms with Crippen LogP contribution in [0.1, 0.15) is 37.8 Å². The maximum absolute atomic E-state index is 12.3. The minimum absolute atomic E-state index is 0.0469. The van der Waals surface area contributed by atoms with E-state index in [9.17, 15) is 4.79 Å². The lowest BCUT2D eigenvalue weighted by molar-refractivity contribution is -0.126. The van der Waals surface area contributed by atoms with Crippen LogP contribution in [0.25, 0.3) is 0 Å². The van der Waals surface area contributed by atoms with Crippen LogP contribution in [0.4, 0.5) is 0 Å². The molecule has 0 bridgehead atoms. The summed E-state index contributed by atoms with van der Waals surface area (Å²) >= 11 is 0. The van der Waals surface area contributed by atoms with E-state index in [0.717, 1.165) is 32.3 Å². The number of amides is 1. The van der Waals surface area contributed by atoms with Crippen molar-refractivity contribution >= 4 is 5.91 Å². The largest absolute Gasteiger partial charge is 0.385 e. The average molecular weight is 275 g/mol.